The second-order valence-electron chi connectivity index (χ2n) is 5.01. The largest absolute Gasteiger partial charge is 0.493 e. The fraction of sp³-hybridized carbons (Fsp3) is 0.600. The van der Waals surface area contributed by atoms with Crippen LogP contribution in [0.3, 0.4) is 0 Å². The lowest BCUT2D eigenvalue weighted by Crippen LogP contribution is -2.29. The first-order valence-corrected chi connectivity index (χ1v) is 7.08. The molecule has 3 N–H and O–H groups in total. The van der Waals surface area contributed by atoms with Gasteiger partial charge in [0.1, 0.15) is 0 Å². The molecule has 0 spiro atoms. The summed E-state index contributed by atoms with van der Waals surface area (Å²) in [6.07, 6.45) is 0.723. The van der Waals surface area contributed by atoms with Gasteiger partial charge in [-0.1, -0.05) is 0 Å². The number of fused-ring (bicyclic) bond motifs is 1. The van der Waals surface area contributed by atoms with Gasteiger partial charge in [0.25, 0.3) is 0 Å². The zero-order chi connectivity index (χ0) is 15.4. The van der Waals surface area contributed by atoms with E-state index < -0.39 is 0 Å². The van der Waals surface area contributed by atoms with Crippen molar-refractivity contribution >= 4 is 0 Å². The Hall–Kier alpha value is -1.50. The van der Waals surface area contributed by atoms with Gasteiger partial charge < -0.3 is 25.1 Å². The lowest BCUT2D eigenvalue weighted by molar-refractivity contribution is 0.189. The van der Waals surface area contributed by atoms with Crippen molar-refractivity contribution in [2.45, 2.75) is 19.0 Å². The molecule has 0 radical (unpaired) electrons. The molecule has 0 fully saturated rings. The molecule has 1 aromatic carbocycles. The minimum Gasteiger partial charge on any atom is -0.493 e. The molecule has 6 heteroatoms. The standard InChI is InChI=1S/C15H24N2O4/c1-19-13-7-10-11(14(20-2)15(13)21-3)9-17(5-4-6-18)12(10)8-16/h7,12,18H,4-6,8-9,16H2,1-3H3. The summed E-state index contributed by atoms with van der Waals surface area (Å²) in [5.41, 5.74) is 8.15. The van der Waals surface area contributed by atoms with Crippen molar-refractivity contribution in [1.82, 2.24) is 4.90 Å². The predicted molar refractivity (Wildman–Crippen MR) is 80.0 cm³/mol. The Bertz CT molecular complexity index is 493. The Morgan fingerprint density at radius 1 is 1.24 bits per heavy atom. The molecule has 1 aromatic rings. The van der Waals surface area contributed by atoms with Crippen LogP contribution in [0, 0.1) is 0 Å². The summed E-state index contributed by atoms with van der Waals surface area (Å²) in [7, 11) is 4.84. The maximum absolute atomic E-state index is 9.05. The van der Waals surface area contributed by atoms with Crippen LogP contribution in [0.4, 0.5) is 0 Å². The summed E-state index contributed by atoms with van der Waals surface area (Å²) in [5, 5.41) is 9.05. The molecule has 6 nitrogen and oxygen atoms in total. The number of ether oxygens (including phenoxy) is 3. The second kappa shape index (κ2) is 6.98. The summed E-state index contributed by atoms with van der Waals surface area (Å²) in [6, 6.07) is 2.09. The van der Waals surface area contributed by atoms with Crippen LogP contribution in [0.15, 0.2) is 6.07 Å². The molecular formula is C15H24N2O4. The molecule has 2 rings (SSSR count). The van der Waals surface area contributed by atoms with Gasteiger partial charge in [-0.2, -0.15) is 0 Å². The molecule has 118 valence electrons. The summed E-state index contributed by atoms with van der Waals surface area (Å²) >= 11 is 0. The van der Waals surface area contributed by atoms with Crippen LogP contribution in [-0.4, -0.2) is 51.0 Å². The van der Waals surface area contributed by atoms with E-state index in [9.17, 15) is 0 Å². The third-order valence-corrected chi connectivity index (χ3v) is 3.96. The van der Waals surface area contributed by atoms with E-state index in [0.29, 0.717) is 23.8 Å². The molecular weight excluding hydrogens is 272 g/mol. The zero-order valence-corrected chi connectivity index (χ0v) is 12.9. The Balaban J connectivity index is 2.46. The lowest BCUT2D eigenvalue weighted by Gasteiger charge is -2.23. The fourth-order valence-corrected chi connectivity index (χ4v) is 2.99. The molecule has 0 saturated heterocycles. The molecule has 1 atom stereocenters. The van der Waals surface area contributed by atoms with Crippen molar-refractivity contribution < 1.29 is 19.3 Å². The molecule has 1 unspecified atom stereocenters. The minimum absolute atomic E-state index is 0.111. The fourth-order valence-electron chi connectivity index (χ4n) is 2.99. The smallest absolute Gasteiger partial charge is 0.203 e. The maximum atomic E-state index is 9.05. The third kappa shape index (κ3) is 2.79. The molecule has 1 aliphatic heterocycles. The number of methoxy groups -OCH3 is 3. The van der Waals surface area contributed by atoms with Gasteiger partial charge in [0.05, 0.1) is 21.3 Å². The Morgan fingerprint density at radius 3 is 2.48 bits per heavy atom. The number of nitrogens with two attached hydrogens (primary N) is 1. The maximum Gasteiger partial charge on any atom is 0.203 e. The van der Waals surface area contributed by atoms with E-state index in [2.05, 4.69) is 4.90 Å². The summed E-state index contributed by atoms with van der Waals surface area (Å²) in [5.74, 6) is 1.96. The SMILES string of the molecule is COc1cc2c(c(OC)c1OC)CN(CCCO)C2CN. The van der Waals surface area contributed by atoms with Crippen molar-refractivity contribution in [3.63, 3.8) is 0 Å². The molecule has 0 aromatic heterocycles. The highest BCUT2D eigenvalue weighted by Crippen LogP contribution is 2.48. The zero-order valence-electron chi connectivity index (χ0n) is 12.9. The monoisotopic (exact) mass is 296 g/mol. The first-order chi connectivity index (χ1) is 10.2. The van der Waals surface area contributed by atoms with Gasteiger partial charge in [-0.15, -0.1) is 0 Å². The van der Waals surface area contributed by atoms with Gasteiger partial charge in [0, 0.05) is 37.8 Å². The molecule has 1 heterocycles. The van der Waals surface area contributed by atoms with Crippen molar-refractivity contribution in [2.75, 3.05) is 41.0 Å². The molecule has 0 aliphatic carbocycles. The lowest BCUT2D eigenvalue weighted by atomic mass is 10.0. The van der Waals surface area contributed by atoms with Crippen LogP contribution in [0.2, 0.25) is 0 Å². The van der Waals surface area contributed by atoms with Crippen LogP contribution in [0.25, 0.3) is 0 Å². The highest BCUT2D eigenvalue weighted by Gasteiger charge is 2.34. The number of hydrogen-bond donors (Lipinski definition) is 2. The predicted octanol–water partition coefficient (Wildman–Crippen LogP) is 0.910. The first-order valence-electron chi connectivity index (χ1n) is 7.08. The topological polar surface area (TPSA) is 77.2 Å². The molecule has 0 amide bonds. The van der Waals surface area contributed by atoms with Crippen LogP contribution >= 0.6 is 0 Å². The number of aliphatic hydroxyl groups excluding tert-OH is 1. The van der Waals surface area contributed by atoms with E-state index in [0.717, 1.165) is 30.6 Å². The van der Waals surface area contributed by atoms with Crippen LogP contribution in [0.1, 0.15) is 23.6 Å². The summed E-state index contributed by atoms with van der Waals surface area (Å²) in [4.78, 5) is 2.25. The van der Waals surface area contributed by atoms with Crippen molar-refractivity contribution in [3.05, 3.63) is 17.2 Å². The van der Waals surface area contributed by atoms with Gasteiger partial charge in [0.15, 0.2) is 11.5 Å². The minimum atomic E-state index is 0.111. The number of hydrogen-bond acceptors (Lipinski definition) is 6. The van der Waals surface area contributed by atoms with Crippen LogP contribution < -0.4 is 19.9 Å². The molecule has 1 aliphatic rings. The number of benzene rings is 1. The van der Waals surface area contributed by atoms with Crippen molar-refractivity contribution in [1.29, 1.82) is 0 Å². The Morgan fingerprint density at radius 2 is 1.95 bits per heavy atom. The van der Waals surface area contributed by atoms with Crippen LogP contribution in [0.5, 0.6) is 17.2 Å². The van der Waals surface area contributed by atoms with Crippen LogP contribution in [-0.2, 0) is 6.54 Å². The normalized spacial score (nSPS) is 17.7. The third-order valence-electron chi connectivity index (χ3n) is 3.96. The quantitative estimate of drug-likeness (QED) is 0.779. The summed E-state index contributed by atoms with van der Waals surface area (Å²) in [6.45, 7) is 2.21. The highest BCUT2D eigenvalue weighted by atomic mass is 16.5. The molecule has 0 bridgehead atoms. The van der Waals surface area contributed by atoms with Gasteiger partial charge in [-0.3, -0.25) is 4.90 Å². The van der Waals surface area contributed by atoms with Gasteiger partial charge in [-0.05, 0) is 18.1 Å². The van der Waals surface area contributed by atoms with Crippen molar-refractivity contribution in [3.8, 4) is 17.2 Å². The van der Waals surface area contributed by atoms with E-state index >= 15 is 0 Å². The number of aliphatic hydroxyl groups is 1. The highest BCUT2D eigenvalue weighted by molar-refractivity contribution is 5.61. The van der Waals surface area contributed by atoms with E-state index in [1.165, 1.54) is 0 Å². The van der Waals surface area contributed by atoms with E-state index in [-0.39, 0.29) is 12.6 Å². The average molecular weight is 296 g/mol. The Labute approximate surface area is 125 Å². The summed E-state index contributed by atoms with van der Waals surface area (Å²) < 4.78 is 16.4. The number of nitrogens with zero attached hydrogens (tertiary/aromatic N) is 1. The molecule has 21 heavy (non-hydrogen) atoms. The van der Waals surface area contributed by atoms with Crippen molar-refractivity contribution in [2.24, 2.45) is 5.73 Å². The average Bonchev–Trinajstić information content (AvgIpc) is 2.87. The van der Waals surface area contributed by atoms with E-state index in [1.807, 2.05) is 6.07 Å². The number of rotatable bonds is 7. The second-order valence-corrected chi connectivity index (χ2v) is 5.01. The first kappa shape index (κ1) is 15.9. The molecule has 0 saturated carbocycles. The van der Waals surface area contributed by atoms with Gasteiger partial charge in [-0.25, -0.2) is 0 Å². The van der Waals surface area contributed by atoms with E-state index in [4.69, 9.17) is 25.1 Å². The Kier molecular flexibility index (Phi) is 5.27. The van der Waals surface area contributed by atoms with E-state index in [1.54, 1.807) is 21.3 Å². The van der Waals surface area contributed by atoms with Gasteiger partial charge >= 0.3 is 0 Å². The van der Waals surface area contributed by atoms with Gasteiger partial charge in [0.2, 0.25) is 5.75 Å².